The summed E-state index contributed by atoms with van der Waals surface area (Å²) in [5.41, 5.74) is 0.847. The molecule has 0 amide bonds. The normalized spacial score (nSPS) is 9.75. The standard InChI is InChI=1S/C7H6N2O2S/c1-5-2-6(4-8)3-7(9-5)12(10)11/h2-3,12H,1H3. The van der Waals surface area contributed by atoms with Crippen molar-refractivity contribution in [1.29, 1.82) is 5.26 Å². The molecule has 0 saturated heterocycles. The fraction of sp³-hybridized carbons (Fsp3) is 0.143. The predicted octanol–water partition coefficient (Wildman–Crippen LogP) is 0.232. The van der Waals surface area contributed by atoms with Crippen LogP contribution in [-0.4, -0.2) is 13.4 Å². The Morgan fingerprint density at radius 1 is 1.50 bits per heavy atom. The predicted molar refractivity (Wildman–Crippen MR) is 42.3 cm³/mol. The van der Waals surface area contributed by atoms with E-state index in [1.165, 1.54) is 12.1 Å². The minimum Gasteiger partial charge on any atom is -0.242 e. The van der Waals surface area contributed by atoms with Crippen LogP contribution in [0.2, 0.25) is 0 Å². The molecule has 0 radical (unpaired) electrons. The maximum absolute atomic E-state index is 10.5. The first-order valence-electron chi connectivity index (χ1n) is 3.16. The van der Waals surface area contributed by atoms with E-state index in [1.54, 1.807) is 6.92 Å². The van der Waals surface area contributed by atoms with Gasteiger partial charge in [-0.1, -0.05) is 0 Å². The lowest BCUT2D eigenvalue weighted by Gasteiger charge is -1.94. The average Bonchev–Trinajstić information content (AvgIpc) is 2.03. The summed E-state index contributed by atoms with van der Waals surface area (Å²) in [4.78, 5) is 3.73. The summed E-state index contributed by atoms with van der Waals surface area (Å²) in [6.07, 6.45) is 0. The maximum Gasteiger partial charge on any atom is 0.185 e. The molecule has 0 bridgehead atoms. The van der Waals surface area contributed by atoms with Gasteiger partial charge in [-0.25, -0.2) is 13.4 Å². The molecule has 0 saturated carbocycles. The van der Waals surface area contributed by atoms with Gasteiger partial charge in [-0.2, -0.15) is 5.26 Å². The van der Waals surface area contributed by atoms with Crippen LogP contribution in [-0.2, 0) is 10.7 Å². The summed E-state index contributed by atoms with van der Waals surface area (Å²) in [5, 5.41) is 8.44. The third-order valence-electron chi connectivity index (χ3n) is 1.26. The molecule has 5 heteroatoms. The van der Waals surface area contributed by atoms with Gasteiger partial charge in [0.2, 0.25) is 0 Å². The number of nitriles is 1. The minimum atomic E-state index is -2.70. The fourth-order valence-electron chi connectivity index (χ4n) is 0.809. The second-order valence-electron chi connectivity index (χ2n) is 2.22. The van der Waals surface area contributed by atoms with Crippen LogP contribution in [0.5, 0.6) is 0 Å². The average molecular weight is 182 g/mol. The Kier molecular flexibility index (Phi) is 2.41. The van der Waals surface area contributed by atoms with Crippen LogP contribution in [0, 0.1) is 18.3 Å². The largest absolute Gasteiger partial charge is 0.242 e. The Balaban J connectivity index is 3.36. The summed E-state index contributed by atoms with van der Waals surface area (Å²) in [5.74, 6) is 0. The molecule has 0 spiro atoms. The molecular formula is C7H6N2O2S. The van der Waals surface area contributed by atoms with Gasteiger partial charge in [-0.3, -0.25) is 0 Å². The lowest BCUT2D eigenvalue weighted by atomic mass is 10.2. The third-order valence-corrected chi connectivity index (χ3v) is 1.86. The quantitative estimate of drug-likeness (QED) is 0.631. The molecule has 0 aliphatic carbocycles. The van der Waals surface area contributed by atoms with E-state index < -0.39 is 10.7 Å². The smallest absolute Gasteiger partial charge is 0.185 e. The van der Waals surface area contributed by atoms with E-state index >= 15 is 0 Å². The molecule has 0 atom stereocenters. The summed E-state index contributed by atoms with van der Waals surface area (Å²) in [7, 11) is -2.70. The Morgan fingerprint density at radius 2 is 2.17 bits per heavy atom. The third kappa shape index (κ3) is 1.80. The van der Waals surface area contributed by atoms with E-state index in [4.69, 9.17) is 5.26 Å². The van der Waals surface area contributed by atoms with Crippen molar-refractivity contribution in [1.82, 2.24) is 4.98 Å². The molecule has 1 aromatic rings. The van der Waals surface area contributed by atoms with E-state index in [9.17, 15) is 8.42 Å². The van der Waals surface area contributed by atoms with Gasteiger partial charge in [0.1, 0.15) is 0 Å². The van der Waals surface area contributed by atoms with Crippen molar-refractivity contribution < 1.29 is 8.42 Å². The zero-order valence-corrected chi connectivity index (χ0v) is 7.21. The highest BCUT2D eigenvalue weighted by atomic mass is 32.2. The molecule has 0 unspecified atom stereocenters. The number of aromatic nitrogens is 1. The Labute approximate surface area is 71.4 Å². The van der Waals surface area contributed by atoms with Crippen molar-refractivity contribution in [3.05, 3.63) is 23.4 Å². The van der Waals surface area contributed by atoms with Crippen LogP contribution in [0.3, 0.4) is 0 Å². The Bertz CT molecular complexity index is 410. The van der Waals surface area contributed by atoms with Crippen molar-refractivity contribution in [3.8, 4) is 6.07 Å². The topological polar surface area (TPSA) is 70.8 Å². The van der Waals surface area contributed by atoms with Crippen LogP contribution in [0.1, 0.15) is 11.3 Å². The summed E-state index contributed by atoms with van der Waals surface area (Å²) in [6, 6.07) is 4.63. The van der Waals surface area contributed by atoms with Crippen molar-refractivity contribution in [2.75, 3.05) is 0 Å². The highest BCUT2D eigenvalue weighted by Crippen LogP contribution is 2.04. The SMILES string of the molecule is Cc1cc(C#N)cc([SH](=O)=O)n1. The van der Waals surface area contributed by atoms with Gasteiger partial charge in [-0.15, -0.1) is 0 Å². The van der Waals surface area contributed by atoms with E-state index in [1.807, 2.05) is 6.07 Å². The van der Waals surface area contributed by atoms with Crippen molar-refractivity contribution in [2.24, 2.45) is 0 Å². The Hall–Kier alpha value is -1.41. The first-order valence-corrected chi connectivity index (χ1v) is 4.34. The number of rotatable bonds is 1. The molecule has 0 fully saturated rings. The summed E-state index contributed by atoms with van der Waals surface area (Å²) < 4.78 is 21.0. The molecule has 12 heavy (non-hydrogen) atoms. The highest BCUT2D eigenvalue weighted by molar-refractivity contribution is 7.72. The van der Waals surface area contributed by atoms with Gasteiger partial charge in [0, 0.05) is 5.69 Å². The van der Waals surface area contributed by atoms with Gasteiger partial charge in [0.05, 0.1) is 11.6 Å². The van der Waals surface area contributed by atoms with Crippen LogP contribution >= 0.6 is 0 Å². The molecule has 0 N–H and O–H groups in total. The second kappa shape index (κ2) is 3.32. The van der Waals surface area contributed by atoms with Gasteiger partial charge in [-0.05, 0) is 19.1 Å². The van der Waals surface area contributed by atoms with Crippen molar-refractivity contribution in [2.45, 2.75) is 11.9 Å². The molecular weight excluding hydrogens is 176 g/mol. The molecule has 4 nitrogen and oxygen atoms in total. The van der Waals surface area contributed by atoms with Gasteiger partial charge < -0.3 is 0 Å². The van der Waals surface area contributed by atoms with E-state index in [0.29, 0.717) is 11.3 Å². The number of thiol groups is 1. The number of nitrogens with zero attached hydrogens (tertiary/aromatic N) is 2. The van der Waals surface area contributed by atoms with Gasteiger partial charge >= 0.3 is 0 Å². The van der Waals surface area contributed by atoms with E-state index in [0.717, 1.165) is 0 Å². The van der Waals surface area contributed by atoms with Crippen molar-refractivity contribution >= 4 is 10.7 Å². The molecule has 1 rings (SSSR count). The highest BCUT2D eigenvalue weighted by Gasteiger charge is 2.00. The lowest BCUT2D eigenvalue weighted by molar-refractivity contribution is 0.611. The van der Waals surface area contributed by atoms with Crippen molar-refractivity contribution in [3.63, 3.8) is 0 Å². The summed E-state index contributed by atoms with van der Waals surface area (Å²) in [6.45, 7) is 1.64. The van der Waals surface area contributed by atoms with E-state index in [2.05, 4.69) is 4.98 Å². The van der Waals surface area contributed by atoms with Gasteiger partial charge in [0.15, 0.2) is 15.7 Å². The molecule has 62 valence electrons. The zero-order valence-electron chi connectivity index (χ0n) is 6.31. The van der Waals surface area contributed by atoms with Crippen LogP contribution in [0.15, 0.2) is 17.2 Å². The van der Waals surface area contributed by atoms with Crippen LogP contribution < -0.4 is 0 Å². The Morgan fingerprint density at radius 3 is 2.67 bits per heavy atom. The monoisotopic (exact) mass is 182 g/mol. The number of hydrogen-bond donors (Lipinski definition) is 1. The van der Waals surface area contributed by atoms with Crippen LogP contribution in [0.25, 0.3) is 0 Å². The molecule has 0 aromatic carbocycles. The molecule has 1 aromatic heterocycles. The lowest BCUT2D eigenvalue weighted by Crippen LogP contribution is -1.91. The molecule has 0 aliphatic heterocycles. The first-order chi connectivity index (χ1) is 5.63. The molecule has 0 aliphatic rings. The van der Waals surface area contributed by atoms with Crippen LogP contribution in [0.4, 0.5) is 0 Å². The maximum atomic E-state index is 10.5. The second-order valence-corrected chi connectivity index (χ2v) is 3.20. The molecule has 1 heterocycles. The first kappa shape index (κ1) is 8.68. The number of hydrogen-bond acceptors (Lipinski definition) is 4. The number of pyridine rings is 1. The van der Waals surface area contributed by atoms with E-state index in [-0.39, 0.29) is 5.03 Å². The van der Waals surface area contributed by atoms with Gasteiger partial charge in [0.25, 0.3) is 0 Å². The fourth-order valence-corrected chi connectivity index (χ4v) is 1.29. The summed E-state index contributed by atoms with van der Waals surface area (Å²) >= 11 is 0. The zero-order chi connectivity index (χ0) is 9.14. The number of aryl methyl sites for hydroxylation is 1. The minimum absolute atomic E-state index is 0.0541.